The third kappa shape index (κ3) is 7.65. The molecular weight excluding hydrogens is 194 g/mol. The Hall–Kier alpha value is 0.270. The minimum atomic E-state index is 0.265. The summed E-state index contributed by atoms with van der Waals surface area (Å²) in [6, 6.07) is 0.298. The first-order valence-electron chi connectivity index (χ1n) is 5.70. The molecule has 0 aliphatic carbocycles. The molecule has 0 aromatic rings. The smallest absolute Gasteiger partial charge is 0.0584 e. The topological polar surface area (TPSA) is 32.3 Å². The molecule has 3 heteroatoms. The van der Waals surface area contributed by atoms with Gasteiger partial charge in [0, 0.05) is 11.3 Å². The number of aliphatic hydroxyl groups excluding tert-OH is 1. The number of thioether (sulfide) groups is 1. The molecule has 14 heavy (non-hydrogen) atoms. The summed E-state index contributed by atoms with van der Waals surface area (Å²) < 4.78 is 0. The average molecular weight is 219 g/mol. The van der Waals surface area contributed by atoms with Crippen molar-refractivity contribution >= 4 is 11.8 Å². The zero-order chi connectivity index (χ0) is 10.8. The van der Waals surface area contributed by atoms with Gasteiger partial charge in [-0.25, -0.2) is 0 Å². The molecule has 0 radical (unpaired) electrons. The summed E-state index contributed by atoms with van der Waals surface area (Å²) >= 11 is 2.00. The molecule has 0 aliphatic rings. The van der Waals surface area contributed by atoms with E-state index in [4.69, 9.17) is 5.11 Å². The van der Waals surface area contributed by atoms with Gasteiger partial charge < -0.3 is 10.4 Å². The van der Waals surface area contributed by atoms with Crippen LogP contribution in [-0.2, 0) is 0 Å². The summed E-state index contributed by atoms with van der Waals surface area (Å²) in [6.45, 7) is 7.91. The van der Waals surface area contributed by atoms with Crippen molar-refractivity contribution in [1.29, 1.82) is 0 Å². The molecule has 0 saturated heterocycles. The number of hydrogen-bond donors (Lipinski definition) is 2. The Morgan fingerprint density at radius 2 is 2.07 bits per heavy atom. The molecule has 2 atom stereocenters. The summed E-state index contributed by atoms with van der Waals surface area (Å²) in [5.74, 6) is 1.15. The number of nitrogens with one attached hydrogen (secondary N) is 1. The van der Waals surface area contributed by atoms with Crippen LogP contribution in [0.25, 0.3) is 0 Å². The number of rotatable bonds is 9. The first-order chi connectivity index (χ1) is 6.74. The first-order valence-corrected chi connectivity index (χ1v) is 6.75. The molecule has 0 rings (SSSR count). The molecule has 0 saturated carbocycles. The van der Waals surface area contributed by atoms with Crippen molar-refractivity contribution in [3.8, 4) is 0 Å². The van der Waals surface area contributed by atoms with Crippen LogP contribution < -0.4 is 5.32 Å². The maximum atomic E-state index is 9.10. The molecule has 0 aromatic carbocycles. The third-order valence-electron chi connectivity index (χ3n) is 2.35. The van der Waals surface area contributed by atoms with Crippen molar-refractivity contribution in [2.75, 3.05) is 18.9 Å². The lowest BCUT2D eigenvalue weighted by molar-refractivity contribution is 0.240. The van der Waals surface area contributed by atoms with Crippen molar-refractivity contribution in [2.45, 2.75) is 51.3 Å². The van der Waals surface area contributed by atoms with Crippen LogP contribution in [0.1, 0.15) is 40.0 Å². The molecule has 0 amide bonds. The van der Waals surface area contributed by atoms with Gasteiger partial charge in [0.05, 0.1) is 6.61 Å². The van der Waals surface area contributed by atoms with Crippen LogP contribution in [-0.4, -0.2) is 35.3 Å². The van der Waals surface area contributed by atoms with E-state index in [1.165, 1.54) is 6.42 Å². The van der Waals surface area contributed by atoms with E-state index in [9.17, 15) is 0 Å². The summed E-state index contributed by atoms with van der Waals surface area (Å²) in [5.41, 5.74) is 0. The van der Waals surface area contributed by atoms with E-state index in [1.807, 2.05) is 11.8 Å². The summed E-state index contributed by atoms with van der Waals surface area (Å²) in [4.78, 5) is 0. The van der Waals surface area contributed by atoms with Crippen LogP contribution in [0.3, 0.4) is 0 Å². The first kappa shape index (κ1) is 14.3. The second-order valence-electron chi connectivity index (χ2n) is 3.71. The van der Waals surface area contributed by atoms with Gasteiger partial charge in [-0.2, -0.15) is 11.8 Å². The second kappa shape index (κ2) is 9.81. The Morgan fingerprint density at radius 1 is 1.36 bits per heavy atom. The quantitative estimate of drug-likeness (QED) is 0.624. The Labute approximate surface area is 92.9 Å². The lowest BCUT2D eigenvalue weighted by atomic mass is 10.2. The Kier molecular flexibility index (Phi) is 10.0. The number of aliphatic hydroxyl groups is 1. The maximum absolute atomic E-state index is 9.10. The standard InChI is InChI=1S/C11H25NOS/c1-4-7-12-11(9-13)6-8-14-10(3)5-2/h10-13H,4-9H2,1-3H3. The highest BCUT2D eigenvalue weighted by molar-refractivity contribution is 7.99. The fourth-order valence-electron chi connectivity index (χ4n) is 1.14. The predicted molar refractivity (Wildman–Crippen MR) is 66.0 cm³/mol. The third-order valence-corrected chi connectivity index (χ3v) is 3.72. The molecule has 2 unspecified atom stereocenters. The van der Waals surface area contributed by atoms with Gasteiger partial charge in [0.2, 0.25) is 0 Å². The Balaban J connectivity index is 3.42. The van der Waals surface area contributed by atoms with E-state index in [0.29, 0.717) is 6.04 Å². The highest BCUT2D eigenvalue weighted by atomic mass is 32.2. The van der Waals surface area contributed by atoms with Crippen LogP contribution in [0.2, 0.25) is 0 Å². The van der Waals surface area contributed by atoms with E-state index in [-0.39, 0.29) is 6.61 Å². The second-order valence-corrected chi connectivity index (χ2v) is 5.26. The van der Waals surface area contributed by atoms with Gasteiger partial charge in [-0.15, -0.1) is 0 Å². The van der Waals surface area contributed by atoms with Crippen molar-refractivity contribution in [1.82, 2.24) is 5.32 Å². The zero-order valence-electron chi connectivity index (χ0n) is 9.75. The minimum Gasteiger partial charge on any atom is -0.395 e. The van der Waals surface area contributed by atoms with Gasteiger partial charge in [0.15, 0.2) is 0 Å². The largest absolute Gasteiger partial charge is 0.395 e. The van der Waals surface area contributed by atoms with Crippen LogP contribution in [0.15, 0.2) is 0 Å². The van der Waals surface area contributed by atoms with Gasteiger partial charge in [-0.3, -0.25) is 0 Å². The van der Waals surface area contributed by atoms with E-state index >= 15 is 0 Å². The Morgan fingerprint density at radius 3 is 2.57 bits per heavy atom. The molecule has 0 heterocycles. The van der Waals surface area contributed by atoms with Crippen LogP contribution in [0, 0.1) is 0 Å². The molecule has 2 N–H and O–H groups in total. The van der Waals surface area contributed by atoms with Crippen LogP contribution in [0.4, 0.5) is 0 Å². The normalized spacial score (nSPS) is 15.4. The van der Waals surface area contributed by atoms with E-state index in [0.717, 1.165) is 30.4 Å². The van der Waals surface area contributed by atoms with Crippen LogP contribution >= 0.6 is 11.8 Å². The lowest BCUT2D eigenvalue weighted by Gasteiger charge is -2.16. The summed E-state index contributed by atoms with van der Waals surface area (Å²) in [6.07, 6.45) is 3.44. The van der Waals surface area contributed by atoms with Gasteiger partial charge in [0.1, 0.15) is 0 Å². The fourth-order valence-corrected chi connectivity index (χ4v) is 2.19. The number of hydrogen-bond acceptors (Lipinski definition) is 3. The predicted octanol–water partition coefficient (Wildman–Crippen LogP) is 2.27. The molecule has 2 nitrogen and oxygen atoms in total. The maximum Gasteiger partial charge on any atom is 0.0584 e. The van der Waals surface area contributed by atoms with Crippen LogP contribution in [0.5, 0.6) is 0 Å². The van der Waals surface area contributed by atoms with E-state index in [2.05, 4.69) is 26.1 Å². The van der Waals surface area contributed by atoms with Crippen molar-refractivity contribution in [2.24, 2.45) is 0 Å². The van der Waals surface area contributed by atoms with Gasteiger partial charge in [-0.1, -0.05) is 20.8 Å². The minimum absolute atomic E-state index is 0.265. The average Bonchev–Trinajstić information content (AvgIpc) is 2.22. The SMILES string of the molecule is CCCNC(CO)CCSC(C)CC. The zero-order valence-corrected chi connectivity index (χ0v) is 10.6. The highest BCUT2D eigenvalue weighted by Crippen LogP contribution is 2.15. The molecule has 0 aliphatic heterocycles. The summed E-state index contributed by atoms with van der Waals surface area (Å²) in [7, 11) is 0. The monoisotopic (exact) mass is 219 g/mol. The van der Waals surface area contributed by atoms with Gasteiger partial charge >= 0.3 is 0 Å². The van der Waals surface area contributed by atoms with Gasteiger partial charge in [-0.05, 0) is 31.6 Å². The lowest BCUT2D eigenvalue weighted by Crippen LogP contribution is -2.33. The van der Waals surface area contributed by atoms with Gasteiger partial charge in [0.25, 0.3) is 0 Å². The van der Waals surface area contributed by atoms with E-state index < -0.39 is 0 Å². The molecule has 0 spiro atoms. The molecule has 0 aromatic heterocycles. The van der Waals surface area contributed by atoms with Crippen molar-refractivity contribution in [3.63, 3.8) is 0 Å². The van der Waals surface area contributed by atoms with E-state index in [1.54, 1.807) is 0 Å². The van der Waals surface area contributed by atoms with Crippen molar-refractivity contribution < 1.29 is 5.11 Å². The Bertz CT molecular complexity index is 122. The molecular formula is C11H25NOS. The molecule has 0 fully saturated rings. The molecule has 86 valence electrons. The molecule has 0 bridgehead atoms. The van der Waals surface area contributed by atoms with Crippen molar-refractivity contribution in [3.05, 3.63) is 0 Å². The highest BCUT2D eigenvalue weighted by Gasteiger charge is 2.06. The fraction of sp³-hybridized carbons (Fsp3) is 1.00. The summed E-state index contributed by atoms with van der Waals surface area (Å²) in [5, 5.41) is 13.2.